The lowest BCUT2D eigenvalue weighted by molar-refractivity contribution is 0.246. The van der Waals surface area contributed by atoms with Crippen molar-refractivity contribution in [2.45, 2.75) is 25.3 Å². The number of nitrogens with zero attached hydrogens (tertiary/aromatic N) is 2. The molecule has 2 saturated carbocycles. The molecular formula is C17H20N4S. The van der Waals surface area contributed by atoms with Crippen LogP contribution in [0.4, 0.5) is 0 Å². The van der Waals surface area contributed by atoms with Crippen molar-refractivity contribution in [2.75, 3.05) is 0 Å². The van der Waals surface area contributed by atoms with Crippen LogP contribution in [0.5, 0.6) is 0 Å². The summed E-state index contributed by atoms with van der Waals surface area (Å²) in [7, 11) is 0. The number of pyridine rings is 1. The summed E-state index contributed by atoms with van der Waals surface area (Å²) in [6.07, 6.45) is 13.9. The van der Waals surface area contributed by atoms with E-state index in [0.717, 1.165) is 29.2 Å². The topological polar surface area (TPSA) is 49.3 Å². The van der Waals surface area contributed by atoms with Gasteiger partial charge < -0.3 is 5.32 Å². The average Bonchev–Trinajstić information content (AvgIpc) is 3.20. The molecule has 0 aromatic carbocycles. The standard InChI is InChI=1S/C17H20N4S/c22-17(21-19-10-11-3-2-6-18-9-11)20-16-8-12-7-15(16)14-5-1-4-13(12)14/h1-3,5-6,9-10,12-16H,4,7-8H2,(H2,20,21,22)/b19-10-/t12-,13+,14-,15-,16+/m1/s1. The molecule has 22 heavy (non-hydrogen) atoms. The van der Waals surface area contributed by atoms with Crippen LogP contribution in [0, 0.1) is 23.7 Å². The van der Waals surface area contributed by atoms with E-state index in [9.17, 15) is 0 Å². The fourth-order valence-electron chi connectivity index (χ4n) is 4.53. The molecule has 0 amide bonds. The summed E-state index contributed by atoms with van der Waals surface area (Å²) in [6, 6.07) is 4.35. The number of hydrogen-bond acceptors (Lipinski definition) is 3. The quantitative estimate of drug-likeness (QED) is 0.390. The molecule has 3 aliphatic rings. The Hall–Kier alpha value is -1.75. The van der Waals surface area contributed by atoms with Gasteiger partial charge in [-0.2, -0.15) is 5.10 Å². The number of hydrazone groups is 1. The average molecular weight is 312 g/mol. The molecule has 2 N–H and O–H groups in total. The molecule has 1 aromatic rings. The van der Waals surface area contributed by atoms with Crippen LogP contribution >= 0.6 is 12.2 Å². The van der Waals surface area contributed by atoms with Gasteiger partial charge in [-0.3, -0.25) is 10.4 Å². The Labute approximate surface area is 136 Å². The number of thiocarbonyl (C=S) groups is 1. The van der Waals surface area contributed by atoms with Gasteiger partial charge in [-0.15, -0.1) is 0 Å². The van der Waals surface area contributed by atoms with Crippen molar-refractivity contribution in [2.24, 2.45) is 28.8 Å². The number of nitrogens with one attached hydrogen (secondary N) is 2. The molecule has 0 unspecified atom stereocenters. The maximum absolute atomic E-state index is 5.37. The van der Waals surface area contributed by atoms with Gasteiger partial charge in [0.05, 0.1) is 6.21 Å². The van der Waals surface area contributed by atoms with Crippen LogP contribution in [-0.4, -0.2) is 22.4 Å². The third-order valence-electron chi connectivity index (χ3n) is 5.39. The van der Waals surface area contributed by atoms with E-state index in [1.807, 2.05) is 12.1 Å². The zero-order valence-electron chi connectivity index (χ0n) is 12.4. The van der Waals surface area contributed by atoms with E-state index in [1.54, 1.807) is 18.6 Å². The van der Waals surface area contributed by atoms with E-state index in [1.165, 1.54) is 19.3 Å². The summed E-state index contributed by atoms with van der Waals surface area (Å²) in [5.41, 5.74) is 3.88. The highest BCUT2D eigenvalue weighted by molar-refractivity contribution is 7.80. The Balaban J connectivity index is 1.30. The molecule has 4 rings (SSSR count). The number of allylic oxidation sites excluding steroid dienone is 2. The molecule has 2 fully saturated rings. The first kappa shape index (κ1) is 13.9. The molecule has 1 aromatic heterocycles. The van der Waals surface area contributed by atoms with Gasteiger partial charge in [-0.1, -0.05) is 18.2 Å². The van der Waals surface area contributed by atoms with E-state index >= 15 is 0 Å². The fraction of sp³-hybridized carbons (Fsp3) is 0.471. The van der Waals surface area contributed by atoms with E-state index in [-0.39, 0.29) is 0 Å². The zero-order valence-corrected chi connectivity index (χ0v) is 13.2. The Morgan fingerprint density at radius 2 is 2.32 bits per heavy atom. The first-order chi connectivity index (χ1) is 10.8. The lowest BCUT2D eigenvalue weighted by Gasteiger charge is -2.32. The number of fused-ring (bicyclic) bond motifs is 5. The van der Waals surface area contributed by atoms with Crippen LogP contribution < -0.4 is 10.7 Å². The predicted octanol–water partition coefficient (Wildman–Crippen LogP) is 2.48. The van der Waals surface area contributed by atoms with Gasteiger partial charge in [0.2, 0.25) is 0 Å². The van der Waals surface area contributed by atoms with Crippen LogP contribution in [0.2, 0.25) is 0 Å². The SMILES string of the molecule is S=C(N/N=C\c1cccnc1)N[C@H]1C[C@H]2C[C@@H]1[C@@H]1C=CC[C@@H]21. The molecule has 0 aliphatic heterocycles. The molecule has 0 saturated heterocycles. The lowest BCUT2D eigenvalue weighted by atomic mass is 9.79. The van der Waals surface area contributed by atoms with Gasteiger partial charge in [0.15, 0.2) is 5.11 Å². The van der Waals surface area contributed by atoms with Gasteiger partial charge in [0, 0.05) is 24.0 Å². The Bertz CT molecular complexity index is 612. The smallest absolute Gasteiger partial charge is 0.187 e. The molecule has 4 nitrogen and oxygen atoms in total. The Morgan fingerprint density at radius 1 is 1.36 bits per heavy atom. The summed E-state index contributed by atoms with van der Waals surface area (Å²) in [5.74, 6) is 3.31. The zero-order chi connectivity index (χ0) is 14.9. The van der Waals surface area contributed by atoms with E-state index in [2.05, 4.69) is 33.0 Å². The summed E-state index contributed by atoms with van der Waals surface area (Å²) in [5, 5.41) is 8.27. The largest absolute Gasteiger partial charge is 0.358 e. The second-order valence-corrected chi connectivity index (χ2v) is 6.94. The summed E-state index contributed by atoms with van der Waals surface area (Å²) < 4.78 is 0. The summed E-state index contributed by atoms with van der Waals surface area (Å²) in [6.45, 7) is 0. The predicted molar refractivity (Wildman–Crippen MR) is 91.4 cm³/mol. The Morgan fingerprint density at radius 3 is 3.18 bits per heavy atom. The first-order valence-corrected chi connectivity index (χ1v) is 8.38. The highest BCUT2D eigenvalue weighted by Crippen LogP contribution is 2.56. The third-order valence-corrected chi connectivity index (χ3v) is 5.60. The second kappa shape index (κ2) is 5.80. The van der Waals surface area contributed by atoms with E-state index < -0.39 is 0 Å². The molecule has 0 radical (unpaired) electrons. The van der Waals surface area contributed by atoms with Crippen LogP contribution in [-0.2, 0) is 0 Å². The van der Waals surface area contributed by atoms with Crippen molar-refractivity contribution in [3.8, 4) is 0 Å². The van der Waals surface area contributed by atoms with Gasteiger partial charge in [-0.25, -0.2) is 0 Å². The molecular weight excluding hydrogens is 292 g/mol. The molecule has 0 spiro atoms. The van der Waals surface area contributed by atoms with Crippen molar-refractivity contribution in [1.29, 1.82) is 0 Å². The normalized spacial score (nSPS) is 35.0. The maximum Gasteiger partial charge on any atom is 0.187 e. The highest BCUT2D eigenvalue weighted by Gasteiger charge is 2.52. The first-order valence-electron chi connectivity index (χ1n) is 7.97. The third kappa shape index (κ3) is 2.54. The van der Waals surface area contributed by atoms with Gasteiger partial charge >= 0.3 is 0 Å². The van der Waals surface area contributed by atoms with E-state index in [0.29, 0.717) is 11.2 Å². The Kier molecular flexibility index (Phi) is 3.66. The molecule has 5 heteroatoms. The van der Waals surface area contributed by atoms with Crippen LogP contribution in [0.3, 0.4) is 0 Å². The van der Waals surface area contributed by atoms with Crippen LogP contribution in [0.15, 0.2) is 41.8 Å². The van der Waals surface area contributed by atoms with Crippen molar-refractivity contribution in [1.82, 2.24) is 15.7 Å². The molecule has 3 aliphatic carbocycles. The molecule has 2 bridgehead atoms. The second-order valence-electron chi connectivity index (χ2n) is 6.54. The van der Waals surface area contributed by atoms with Crippen molar-refractivity contribution in [3.05, 3.63) is 42.2 Å². The van der Waals surface area contributed by atoms with Crippen molar-refractivity contribution in [3.63, 3.8) is 0 Å². The monoisotopic (exact) mass is 312 g/mol. The number of rotatable bonds is 3. The summed E-state index contributed by atoms with van der Waals surface area (Å²) in [4.78, 5) is 4.05. The number of aromatic nitrogens is 1. The van der Waals surface area contributed by atoms with Gasteiger partial charge in [-0.05, 0) is 61.2 Å². The molecule has 5 atom stereocenters. The minimum atomic E-state index is 0.502. The maximum atomic E-state index is 5.37. The van der Waals surface area contributed by atoms with E-state index in [4.69, 9.17) is 12.2 Å². The van der Waals surface area contributed by atoms with Crippen LogP contribution in [0.1, 0.15) is 24.8 Å². The lowest BCUT2D eigenvalue weighted by Crippen LogP contribution is -2.45. The molecule has 1 heterocycles. The van der Waals surface area contributed by atoms with Crippen molar-refractivity contribution < 1.29 is 0 Å². The van der Waals surface area contributed by atoms with Crippen LogP contribution in [0.25, 0.3) is 0 Å². The van der Waals surface area contributed by atoms with Gasteiger partial charge in [0.25, 0.3) is 0 Å². The van der Waals surface area contributed by atoms with Gasteiger partial charge in [0.1, 0.15) is 0 Å². The molecule has 114 valence electrons. The minimum absolute atomic E-state index is 0.502. The van der Waals surface area contributed by atoms with Crippen molar-refractivity contribution >= 4 is 23.5 Å². The number of hydrogen-bond donors (Lipinski definition) is 2. The minimum Gasteiger partial charge on any atom is -0.358 e. The summed E-state index contributed by atoms with van der Waals surface area (Å²) >= 11 is 5.37. The fourth-order valence-corrected chi connectivity index (χ4v) is 4.73. The highest BCUT2D eigenvalue weighted by atomic mass is 32.1.